The van der Waals surface area contributed by atoms with Crippen molar-refractivity contribution in [1.82, 2.24) is 14.8 Å². The number of methoxy groups -OCH3 is 1. The van der Waals surface area contributed by atoms with Crippen molar-refractivity contribution in [2.24, 2.45) is 7.05 Å². The van der Waals surface area contributed by atoms with Gasteiger partial charge in [0.1, 0.15) is 11.6 Å². The number of fused-ring (bicyclic) bond motifs is 1. The maximum atomic E-state index is 13.7. The second kappa shape index (κ2) is 7.68. The van der Waals surface area contributed by atoms with Crippen LogP contribution in [0.15, 0.2) is 46.6 Å². The Morgan fingerprint density at radius 2 is 2.03 bits per heavy atom. The number of anilines is 1. The topological polar surface area (TPSA) is 86.1 Å². The molecule has 2 aromatic heterocycles. The molecule has 0 aliphatic carbocycles. The number of aromatic nitrogens is 3. The van der Waals surface area contributed by atoms with Crippen molar-refractivity contribution in [3.8, 4) is 17.0 Å². The third kappa shape index (κ3) is 3.55. The molecule has 0 fully saturated rings. The van der Waals surface area contributed by atoms with Gasteiger partial charge in [-0.2, -0.15) is 5.10 Å². The summed E-state index contributed by atoms with van der Waals surface area (Å²) in [7, 11) is 3.15. The fourth-order valence-corrected chi connectivity index (χ4v) is 3.84. The van der Waals surface area contributed by atoms with Gasteiger partial charge in [0, 0.05) is 18.0 Å². The van der Waals surface area contributed by atoms with Crippen LogP contribution < -0.4 is 15.5 Å². The van der Waals surface area contributed by atoms with Gasteiger partial charge in [0.2, 0.25) is 5.43 Å². The number of amides is 1. The lowest BCUT2D eigenvalue weighted by atomic mass is 10.1. The van der Waals surface area contributed by atoms with E-state index in [1.165, 1.54) is 30.0 Å². The van der Waals surface area contributed by atoms with Crippen LogP contribution in [0, 0.1) is 12.7 Å². The number of benzene rings is 2. The van der Waals surface area contributed by atoms with Crippen LogP contribution in [-0.4, -0.2) is 27.8 Å². The van der Waals surface area contributed by atoms with Crippen molar-refractivity contribution in [1.29, 1.82) is 0 Å². The molecule has 0 saturated heterocycles. The Labute approximate surface area is 174 Å². The molecule has 1 amide bonds. The highest BCUT2D eigenvalue weighted by Crippen LogP contribution is 2.32. The van der Waals surface area contributed by atoms with E-state index in [0.717, 1.165) is 16.9 Å². The van der Waals surface area contributed by atoms with Crippen LogP contribution in [0.3, 0.4) is 0 Å². The molecule has 1 N–H and O–H groups in total. The van der Waals surface area contributed by atoms with E-state index in [2.05, 4.69) is 15.4 Å². The van der Waals surface area contributed by atoms with Crippen molar-refractivity contribution in [2.45, 2.75) is 6.92 Å². The Morgan fingerprint density at radius 3 is 2.80 bits per heavy atom. The van der Waals surface area contributed by atoms with Gasteiger partial charge in [-0.1, -0.05) is 11.6 Å². The summed E-state index contributed by atoms with van der Waals surface area (Å²) in [5.74, 6) is -0.630. The number of hydrogen-bond donors (Lipinski definition) is 1. The van der Waals surface area contributed by atoms with E-state index in [-0.39, 0.29) is 10.8 Å². The summed E-state index contributed by atoms with van der Waals surface area (Å²) in [6.45, 7) is 1.87. The molecule has 4 aromatic rings. The van der Waals surface area contributed by atoms with Gasteiger partial charge in [0.05, 0.1) is 23.7 Å². The zero-order valence-corrected chi connectivity index (χ0v) is 17.2. The molecule has 0 aliphatic heterocycles. The molecule has 9 heteroatoms. The van der Waals surface area contributed by atoms with E-state index < -0.39 is 17.2 Å². The van der Waals surface area contributed by atoms with Gasteiger partial charge in [-0.05, 0) is 37.3 Å². The van der Waals surface area contributed by atoms with Crippen LogP contribution in [0.1, 0.15) is 16.1 Å². The predicted molar refractivity (Wildman–Crippen MR) is 114 cm³/mol. The van der Waals surface area contributed by atoms with Gasteiger partial charge in [-0.15, -0.1) is 11.3 Å². The zero-order chi connectivity index (χ0) is 21.4. The number of aryl methyl sites for hydroxylation is 2. The molecule has 2 heterocycles. The van der Waals surface area contributed by atoms with E-state index in [0.29, 0.717) is 27.9 Å². The van der Waals surface area contributed by atoms with Crippen LogP contribution in [0.2, 0.25) is 0 Å². The van der Waals surface area contributed by atoms with Crippen molar-refractivity contribution in [3.05, 3.63) is 69.1 Å². The Balaban J connectivity index is 1.67. The summed E-state index contributed by atoms with van der Waals surface area (Å²) in [6.07, 6.45) is 0. The van der Waals surface area contributed by atoms with Gasteiger partial charge >= 0.3 is 0 Å². The molecule has 0 unspecified atom stereocenters. The lowest BCUT2D eigenvalue weighted by molar-refractivity contribution is 0.101. The van der Waals surface area contributed by atoms with Crippen LogP contribution in [0.25, 0.3) is 22.2 Å². The largest absolute Gasteiger partial charge is 0.496 e. The standard InChI is InChI=1S/C21H17FN4O3S/c1-11-4-6-16-14(8-11)19(27)18(25-26(16)2)20(28)24-21-23-15(10-30-21)13-9-12(22)5-7-17(13)29-3/h4-10H,1-3H3,(H,23,24,28). The minimum absolute atomic E-state index is 0.226. The Morgan fingerprint density at radius 1 is 1.23 bits per heavy atom. The van der Waals surface area contributed by atoms with Crippen molar-refractivity contribution < 1.29 is 13.9 Å². The second-order valence-corrected chi connectivity index (χ2v) is 7.52. The molecule has 4 rings (SSSR count). The number of nitrogens with zero attached hydrogens (tertiary/aromatic N) is 3. The first-order chi connectivity index (χ1) is 14.4. The summed E-state index contributed by atoms with van der Waals surface area (Å²) in [5.41, 5.74) is 1.78. The molecule has 152 valence electrons. The number of rotatable bonds is 4. The highest BCUT2D eigenvalue weighted by molar-refractivity contribution is 7.14. The minimum atomic E-state index is -0.661. The zero-order valence-electron chi connectivity index (χ0n) is 16.4. The first-order valence-corrected chi connectivity index (χ1v) is 9.84. The summed E-state index contributed by atoms with van der Waals surface area (Å²) in [4.78, 5) is 29.9. The van der Waals surface area contributed by atoms with E-state index >= 15 is 0 Å². The fraction of sp³-hybridized carbons (Fsp3) is 0.143. The second-order valence-electron chi connectivity index (χ2n) is 6.66. The highest BCUT2D eigenvalue weighted by atomic mass is 32.1. The van der Waals surface area contributed by atoms with Crippen LogP contribution in [-0.2, 0) is 7.05 Å². The molecule has 0 radical (unpaired) electrons. The average Bonchev–Trinajstić information content (AvgIpc) is 3.18. The molecule has 0 aliphatic rings. The number of ether oxygens (including phenoxy) is 1. The van der Waals surface area contributed by atoms with Crippen LogP contribution >= 0.6 is 11.3 Å². The lowest BCUT2D eigenvalue weighted by Gasteiger charge is -2.08. The number of carbonyl (C=O) groups is 1. The van der Waals surface area contributed by atoms with Crippen molar-refractivity contribution >= 4 is 33.3 Å². The summed E-state index contributed by atoms with van der Waals surface area (Å²) in [6, 6.07) is 9.50. The predicted octanol–water partition coefficient (Wildman–Crippen LogP) is 3.77. The first kappa shape index (κ1) is 19.7. The van der Waals surface area contributed by atoms with Gasteiger partial charge in [0.25, 0.3) is 5.91 Å². The number of thiazole rings is 1. The molecular formula is C21H17FN4O3S. The molecule has 0 atom stereocenters. The van der Waals surface area contributed by atoms with E-state index in [1.54, 1.807) is 24.6 Å². The number of hydrogen-bond acceptors (Lipinski definition) is 6. The molecular weight excluding hydrogens is 407 g/mol. The first-order valence-electron chi connectivity index (χ1n) is 8.96. The molecule has 0 saturated carbocycles. The molecule has 30 heavy (non-hydrogen) atoms. The monoisotopic (exact) mass is 424 g/mol. The van der Waals surface area contributed by atoms with Crippen molar-refractivity contribution in [3.63, 3.8) is 0 Å². The number of halogens is 1. The summed E-state index contributed by atoms with van der Waals surface area (Å²) in [5, 5.41) is 9.08. The molecule has 2 aromatic carbocycles. The lowest BCUT2D eigenvalue weighted by Crippen LogP contribution is -2.26. The van der Waals surface area contributed by atoms with E-state index in [4.69, 9.17) is 4.74 Å². The number of nitrogens with one attached hydrogen (secondary N) is 1. The smallest absolute Gasteiger partial charge is 0.281 e. The summed E-state index contributed by atoms with van der Waals surface area (Å²) >= 11 is 1.15. The highest BCUT2D eigenvalue weighted by Gasteiger charge is 2.19. The average molecular weight is 424 g/mol. The maximum absolute atomic E-state index is 13.7. The molecule has 0 bridgehead atoms. The fourth-order valence-electron chi connectivity index (χ4n) is 3.13. The van der Waals surface area contributed by atoms with E-state index in [1.807, 2.05) is 13.0 Å². The Hall–Kier alpha value is -3.59. The molecule has 7 nitrogen and oxygen atoms in total. The van der Waals surface area contributed by atoms with Gasteiger partial charge < -0.3 is 4.74 Å². The molecule has 0 spiro atoms. The number of carbonyl (C=O) groups excluding carboxylic acids is 1. The normalized spacial score (nSPS) is 10.9. The minimum Gasteiger partial charge on any atom is -0.496 e. The third-order valence-electron chi connectivity index (χ3n) is 4.59. The van der Waals surface area contributed by atoms with Gasteiger partial charge in [-0.25, -0.2) is 9.37 Å². The van der Waals surface area contributed by atoms with Crippen LogP contribution in [0.4, 0.5) is 9.52 Å². The summed E-state index contributed by atoms with van der Waals surface area (Å²) < 4.78 is 20.4. The SMILES string of the molecule is COc1ccc(F)cc1-c1csc(NC(=O)c2nn(C)c3ccc(C)cc3c2=O)n1. The third-order valence-corrected chi connectivity index (χ3v) is 5.35. The van der Waals surface area contributed by atoms with Gasteiger partial charge in [-0.3, -0.25) is 19.6 Å². The van der Waals surface area contributed by atoms with Gasteiger partial charge in [0.15, 0.2) is 10.8 Å². The van der Waals surface area contributed by atoms with Crippen LogP contribution in [0.5, 0.6) is 5.75 Å². The quantitative estimate of drug-likeness (QED) is 0.539. The Kier molecular flexibility index (Phi) is 5.04. The Bertz CT molecular complexity index is 1350. The van der Waals surface area contributed by atoms with Crippen molar-refractivity contribution in [2.75, 3.05) is 12.4 Å². The van der Waals surface area contributed by atoms with E-state index in [9.17, 15) is 14.0 Å². The maximum Gasteiger partial charge on any atom is 0.281 e.